The molecule has 0 aromatic heterocycles. The molecule has 0 spiro atoms. The van der Waals surface area contributed by atoms with Crippen LogP contribution in [0, 0.1) is 0 Å². The Bertz CT molecular complexity index is 873. The van der Waals surface area contributed by atoms with E-state index in [4.69, 9.17) is 9.47 Å². The normalized spacial score (nSPS) is 13.0. The fourth-order valence-electron chi connectivity index (χ4n) is 2.40. The fourth-order valence-corrected chi connectivity index (χ4v) is 3.36. The first-order valence-corrected chi connectivity index (χ1v) is 10.5. The Labute approximate surface area is 186 Å². The first-order valence-electron chi connectivity index (χ1n) is 9.52. The minimum atomic E-state index is -0.481. The SMILES string of the molecule is COc1cccc(/C=N/NC(=O)[C@H](C)S[C@@H](C)C(=O)N/N=C/c2cccc(OC)c2)c1. The molecule has 164 valence electrons. The third-order valence-electron chi connectivity index (χ3n) is 4.11. The van der Waals surface area contributed by atoms with E-state index in [-0.39, 0.29) is 11.8 Å². The van der Waals surface area contributed by atoms with Gasteiger partial charge in [-0.1, -0.05) is 24.3 Å². The van der Waals surface area contributed by atoms with Crippen molar-refractivity contribution in [3.63, 3.8) is 0 Å². The van der Waals surface area contributed by atoms with Gasteiger partial charge in [0.1, 0.15) is 11.5 Å². The van der Waals surface area contributed by atoms with Crippen molar-refractivity contribution < 1.29 is 19.1 Å². The summed E-state index contributed by atoms with van der Waals surface area (Å²) in [7, 11) is 3.16. The standard InChI is InChI=1S/C22H26N4O4S/c1-15(21(27)25-23-13-17-7-5-9-19(11-17)29-3)31-16(2)22(28)26-24-14-18-8-6-10-20(12-18)30-4/h5-16H,1-4H3,(H,25,27)(H,26,28)/b23-13+,24-14+/t15-,16-/m0/s1. The van der Waals surface area contributed by atoms with Crippen molar-refractivity contribution in [1.29, 1.82) is 0 Å². The lowest BCUT2D eigenvalue weighted by Gasteiger charge is -2.14. The molecule has 0 bridgehead atoms. The molecule has 2 aromatic rings. The number of ether oxygens (including phenoxy) is 2. The number of carbonyl (C=O) groups excluding carboxylic acids is 2. The van der Waals surface area contributed by atoms with Crippen molar-refractivity contribution in [3.8, 4) is 11.5 Å². The molecule has 2 N–H and O–H groups in total. The fraction of sp³-hybridized carbons (Fsp3) is 0.273. The van der Waals surface area contributed by atoms with E-state index in [0.717, 1.165) is 11.1 Å². The maximum Gasteiger partial charge on any atom is 0.252 e. The second-order valence-corrected chi connectivity index (χ2v) is 8.13. The second kappa shape index (κ2) is 12.4. The summed E-state index contributed by atoms with van der Waals surface area (Å²) in [6, 6.07) is 14.6. The van der Waals surface area contributed by atoms with Crippen molar-refractivity contribution in [1.82, 2.24) is 10.9 Å². The van der Waals surface area contributed by atoms with Gasteiger partial charge < -0.3 is 9.47 Å². The van der Waals surface area contributed by atoms with Gasteiger partial charge in [0.25, 0.3) is 11.8 Å². The molecule has 9 heteroatoms. The number of methoxy groups -OCH3 is 2. The Kier molecular flexibility index (Phi) is 9.57. The number of hydrogen-bond acceptors (Lipinski definition) is 7. The van der Waals surface area contributed by atoms with Gasteiger partial charge in [-0.05, 0) is 49.2 Å². The molecule has 31 heavy (non-hydrogen) atoms. The van der Waals surface area contributed by atoms with E-state index in [0.29, 0.717) is 11.5 Å². The summed E-state index contributed by atoms with van der Waals surface area (Å²) < 4.78 is 10.3. The molecule has 0 saturated heterocycles. The van der Waals surface area contributed by atoms with Gasteiger partial charge in [0.15, 0.2) is 0 Å². The molecule has 0 aliphatic carbocycles. The number of benzene rings is 2. The molecule has 0 aliphatic heterocycles. The van der Waals surface area contributed by atoms with Crippen LogP contribution in [0.25, 0.3) is 0 Å². The molecule has 2 atom stereocenters. The number of nitrogens with zero attached hydrogens (tertiary/aromatic N) is 2. The molecule has 0 unspecified atom stereocenters. The number of thioether (sulfide) groups is 1. The maximum atomic E-state index is 12.2. The molecule has 2 rings (SSSR count). The first-order chi connectivity index (χ1) is 14.9. The number of rotatable bonds is 10. The summed E-state index contributed by atoms with van der Waals surface area (Å²) in [5, 5.41) is 6.96. The third-order valence-corrected chi connectivity index (χ3v) is 5.36. The summed E-state index contributed by atoms with van der Waals surface area (Å²) in [6.45, 7) is 3.43. The van der Waals surface area contributed by atoms with Crippen LogP contribution in [0.5, 0.6) is 11.5 Å². The van der Waals surface area contributed by atoms with Gasteiger partial charge in [-0.15, -0.1) is 11.8 Å². The third kappa shape index (κ3) is 8.13. The van der Waals surface area contributed by atoms with Gasteiger partial charge in [0.05, 0.1) is 37.1 Å². The Morgan fingerprint density at radius 1 is 0.839 bits per heavy atom. The van der Waals surface area contributed by atoms with Gasteiger partial charge >= 0.3 is 0 Å². The predicted octanol–water partition coefficient (Wildman–Crippen LogP) is 2.81. The van der Waals surface area contributed by atoms with E-state index in [1.807, 2.05) is 36.4 Å². The minimum absolute atomic E-state index is 0.302. The molecule has 0 radical (unpaired) electrons. The maximum absolute atomic E-state index is 12.2. The van der Waals surface area contributed by atoms with E-state index in [9.17, 15) is 9.59 Å². The van der Waals surface area contributed by atoms with Crippen LogP contribution in [0.15, 0.2) is 58.7 Å². The van der Waals surface area contributed by atoms with Gasteiger partial charge in [-0.3, -0.25) is 9.59 Å². The highest BCUT2D eigenvalue weighted by atomic mass is 32.2. The molecule has 0 fully saturated rings. The summed E-state index contributed by atoms with van der Waals surface area (Å²) in [5.74, 6) is 0.800. The van der Waals surface area contributed by atoms with E-state index >= 15 is 0 Å². The van der Waals surface area contributed by atoms with E-state index < -0.39 is 10.5 Å². The van der Waals surface area contributed by atoms with E-state index in [1.54, 1.807) is 40.2 Å². The van der Waals surface area contributed by atoms with Crippen LogP contribution in [0.1, 0.15) is 25.0 Å². The Balaban J connectivity index is 1.79. The zero-order valence-corrected chi connectivity index (χ0v) is 18.7. The monoisotopic (exact) mass is 442 g/mol. The Morgan fingerprint density at radius 3 is 1.65 bits per heavy atom. The van der Waals surface area contributed by atoms with Crippen LogP contribution in [0.4, 0.5) is 0 Å². The van der Waals surface area contributed by atoms with Gasteiger partial charge in [-0.2, -0.15) is 10.2 Å². The largest absolute Gasteiger partial charge is 0.497 e. The lowest BCUT2D eigenvalue weighted by Crippen LogP contribution is -2.33. The van der Waals surface area contributed by atoms with Crippen LogP contribution in [0.3, 0.4) is 0 Å². The van der Waals surface area contributed by atoms with Crippen LogP contribution in [0.2, 0.25) is 0 Å². The minimum Gasteiger partial charge on any atom is -0.497 e. The number of hydrazone groups is 2. The number of nitrogens with one attached hydrogen (secondary N) is 2. The van der Waals surface area contributed by atoms with Crippen molar-refractivity contribution in [3.05, 3.63) is 59.7 Å². The summed E-state index contributed by atoms with van der Waals surface area (Å²) >= 11 is 1.21. The highest BCUT2D eigenvalue weighted by molar-refractivity contribution is 8.01. The molecule has 8 nitrogen and oxygen atoms in total. The topological polar surface area (TPSA) is 101 Å². The zero-order chi connectivity index (χ0) is 22.6. The average molecular weight is 443 g/mol. The van der Waals surface area contributed by atoms with Gasteiger partial charge in [0, 0.05) is 0 Å². The number of hydrogen-bond donors (Lipinski definition) is 2. The van der Waals surface area contributed by atoms with Crippen molar-refractivity contribution in [2.24, 2.45) is 10.2 Å². The first kappa shape index (κ1) is 23.9. The zero-order valence-electron chi connectivity index (χ0n) is 17.9. The summed E-state index contributed by atoms with van der Waals surface area (Å²) in [4.78, 5) is 24.5. The van der Waals surface area contributed by atoms with Crippen molar-refractivity contribution in [2.75, 3.05) is 14.2 Å². The molecule has 2 amide bonds. The van der Waals surface area contributed by atoms with Crippen LogP contribution in [-0.2, 0) is 9.59 Å². The Hall–Kier alpha value is -3.33. The molecular weight excluding hydrogens is 416 g/mol. The molecule has 0 aliphatic rings. The van der Waals surface area contributed by atoms with Gasteiger partial charge in [-0.25, -0.2) is 10.9 Å². The summed E-state index contributed by atoms with van der Waals surface area (Å²) in [6.07, 6.45) is 3.06. The van der Waals surface area contributed by atoms with E-state index in [2.05, 4.69) is 21.1 Å². The highest BCUT2D eigenvalue weighted by Crippen LogP contribution is 2.18. The lowest BCUT2D eigenvalue weighted by molar-refractivity contribution is -0.120. The quantitative estimate of drug-likeness (QED) is 0.435. The lowest BCUT2D eigenvalue weighted by atomic mass is 10.2. The number of carbonyl (C=O) groups is 2. The molecule has 2 aromatic carbocycles. The van der Waals surface area contributed by atoms with Crippen LogP contribution >= 0.6 is 11.8 Å². The second-order valence-electron chi connectivity index (χ2n) is 6.44. The highest BCUT2D eigenvalue weighted by Gasteiger charge is 2.21. The van der Waals surface area contributed by atoms with Crippen LogP contribution < -0.4 is 20.3 Å². The Morgan fingerprint density at radius 2 is 1.26 bits per heavy atom. The summed E-state index contributed by atoms with van der Waals surface area (Å²) in [5.41, 5.74) is 6.55. The van der Waals surface area contributed by atoms with Crippen molar-refractivity contribution >= 4 is 36.0 Å². The van der Waals surface area contributed by atoms with Crippen LogP contribution in [-0.4, -0.2) is 49.0 Å². The van der Waals surface area contributed by atoms with E-state index in [1.165, 1.54) is 24.2 Å². The molecular formula is C22H26N4O4S. The average Bonchev–Trinajstić information content (AvgIpc) is 2.79. The molecule has 0 saturated carbocycles. The smallest absolute Gasteiger partial charge is 0.252 e. The predicted molar refractivity (Wildman–Crippen MR) is 124 cm³/mol. The number of amides is 2. The van der Waals surface area contributed by atoms with Crippen molar-refractivity contribution in [2.45, 2.75) is 24.3 Å². The van der Waals surface area contributed by atoms with Gasteiger partial charge in [0.2, 0.25) is 0 Å². The molecule has 0 heterocycles.